The number of anilines is 1. The van der Waals surface area contributed by atoms with Crippen LogP contribution in [0.25, 0.3) is 0 Å². The lowest BCUT2D eigenvalue weighted by atomic mass is 10.0. The number of hydrogen-bond acceptors (Lipinski definition) is 6. The van der Waals surface area contributed by atoms with Crippen LogP contribution in [0.3, 0.4) is 0 Å². The molecule has 0 bridgehead atoms. The lowest BCUT2D eigenvalue weighted by Gasteiger charge is -2.22. The third-order valence-electron chi connectivity index (χ3n) is 3.63. The van der Waals surface area contributed by atoms with E-state index < -0.39 is 12.2 Å². The Balaban J connectivity index is 2.51. The second-order valence-corrected chi connectivity index (χ2v) is 5.37. The predicted molar refractivity (Wildman–Crippen MR) is 80.9 cm³/mol. The van der Waals surface area contributed by atoms with Crippen molar-refractivity contribution in [2.24, 2.45) is 5.73 Å². The van der Waals surface area contributed by atoms with Gasteiger partial charge in [-0.1, -0.05) is 26.1 Å². The van der Waals surface area contributed by atoms with E-state index in [2.05, 4.69) is 10.2 Å². The molecule has 1 aromatic heterocycles. The first-order valence-electron chi connectivity index (χ1n) is 6.78. The van der Waals surface area contributed by atoms with Crippen molar-refractivity contribution >= 4 is 23.0 Å². The number of rotatable bonds is 4. The van der Waals surface area contributed by atoms with E-state index >= 15 is 0 Å². The Kier molecular flexibility index (Phi) is 4.52. The number of aliphatic hydroxyl groups is 2. The molecular formula is C13H20N4O2S. The normalized spacial score (nSPS) is 22.3. The largest absolute Gasteiger partial charge is 0.389 e. The number of nitrogens with two attached hydrogens (primary N) is 1. The molecular weight excluding hydrogens is 276 g/mol. The van der Waals surface area contributed by atoms with Crippen LogP contribution in [-0.2, 0) is 12.8 Å². The Morgan fingerprint density at radius 3 is 2.30 bits per heavy atom. The minimum atomic E-state index is -0.785. The lowest BCUT2D eigenvalue weighted by Crippen LogP contribution is -2.28. The first-order valence-corrected chi connectivity index (χ1v) is 7.19. The maximum Gasteiger partial charge on any atom is 0.162 e. The van der Waals surface area contributed by atoms with Gasteiger partial charge in [-0.3, -0.25) is 0 Å². The van der Waals surface area contributed by atoms with Gasteiger partial charge in [0.15, 0.2) is 5.82 Å². The van der Waals surface area contributed by atoms with Crippen LogP contribution < -0.4 is 10.6 Å². The summed E-state index contributed by atoms with van der Waals surface area (Å²) in [4.78, 5) is 2.06. The molecule has 0 radical (unpaired) electrons. The van der Waals surface area contributed by atoms with Crippen molar-refractivity contribution in [3.63, 3.8) is 0 Å². The highest BCUT2D eigenvalue weighted by Gasteiger charge is 2.33. The molecule has 6 nitrogen and oxygen atoms in total. The molecule has 4 N–H and O–H groups in total. The van der Waals surface area contributed by atoms with E-state index in [1.165, 1.54) is 0 Å². The molecule has 1 fully saturated rings. The van der Waals surface area contributed by atoms with Gasteiger partial charge in [0.25, 0.3) is 0 Å². The van der Waals surface area contributed by atoms with Crippen LogP contribution in [0.5, 0.6) is 0 Å². The average molecular weight is 296 g/mol. The Hall–Kier alpha value is -1.31. The number of hydrogen-bond donors (Lipinski definition) is 3. The SMILES string of the molecule is CCc1nnc(N2CC(O)C(O)C2)c(C(N)=S)c1CC. The molecule has 2 atom stereocenters. The Labute approximate surface area is 123 Å². The van der Waals surface area contributed by atoms with Crippen LogP contribution in [0.4, 0.5) is 5.82 Å². The zero-order chi connectivity index (χ0) is 14.9. The van der Waals surface area contributed by atoms with Gasteiger partial charge in [-0.05, 0) is 18.4 Å². The summed E-state index contributed by atoms with van der Waals surface area (Å²) in [6, 6.07) is 0. The van der Waals surface area contributed by atoms with Crippen molar-refractivity contribution in [2.75, 3.05) is 18.0 Å². The summed E-state index contributed by atoms with van der Waals surface area (Å²) in [5.74, 6) is 0.558. The molecule has 1 saturated heterocycles. The van der Waals surface area contributed by atoms with E-state index in [0.29, 0.717) is 18.9 Å². The summed E-state index contributed by atoms with van der Waals surface area (Å²) in [5.41, 5.74) is 8.47. The van der Waals surface area contributed by atoms with Crippen molar-refractivity contribution in [1.82, 2.24) is 10.2 Å². The molecule has 2 rings (SSSR count). The second-order valence-electron chi connectivity index (χ2n) is 4.93. The van der Waals surface area contributed by atoms with Gasteiger partial charge >= 0.3 is 0 Å². The molecule has 7 heteroatoms. The van der Waals surface area contributed by atoms with Gasteiger partial charge in [-0.2, -0.15) is 5.10 Å². The summed E-state index contributed by atoms with van der Waals surface area (Å²) in [6.07, 6.45) is -0.0481. The number of β-amino-alcohol motifs (C(OH)–C–C–N with tert-alkyl or cyclic N) is 2. The fourth-order valence-electron chi connectivity index (χ4n) is 2.58. The quantitative estimate of drug-likeness (QED) is 0.661. The van der Waals surface area contributed by atoms with Crippen LogP contribution >= 0.6 is 12.2 Å². The highest BCUT2D eigenvalue weighted by molar-refractivity contribution is 7.80. The summed E-state index contributed by atoms with van der Waals surface area (Å²) >= 11 is 5.16. The zero-order valence-electron chi connectivity index (χ0n) is 11.7. The van der Waals surface area contributed by atoms with E-state index in [0.717, 1.165) is 29.7 Å². The van der Waals surface area contributed by atoms with Gasteiger partial charge in [0.1, 0.15) is 4.99 Å². The van der Waals surface area contributed by atoms with Crippen molar-refractivity contribution in [1.29, 1.82) is 0 Å². The summed E-state index contributed by atoms with van der Waals surface area (Å²) in [6.45, 7) is 4.64. The molecule has 0 aromatic carbocycles. The van der Waals surface area contributed by atoms with Gasteiger partial charge in [-0.15, -0.1) is 5.10 Å². The Morgan fingerprint density at radius 2 is 1.85 bits per heavy atom. The van der Waals surface area contributed by atoms with Crippen LogP contribution in [0.1, 0.15) is 30.7 Å². The van der Waals surface area contributed by atoms with E-state index in [-0.39, 0.29) is 4.99 Å². The molecule has 0 aliphatic carbocycles. The first-order chi connectivity index (χ1) is 9.49. The molecule has 2 unspecified atom stereocenters. The van der Waals surface area contributed by atoms with Crippen LogP contribution in [-0.4, -0.2) is 50.7 Å². The number of aromatic nitrogens is 2. The summed E-state index contributed by atoms with van der Waals surface area (Å²) in [7, 11) is 0. The lowest BCUT2D eigenvalue weighted by molar-refractivity contribution is 0.0572. The van der Waals surface area contributed by atoms with E-state index in [4.69, 9.17) is 18.0 Å². The number of thiocarbonyl (C=S) groups is 1. The zero-order valence-corrected chi connectivity index (χ0v) is 12.5. The minimum absolute atomic E-state index is 0.275. The Morgan fingerprint density at radius 1 is 1.25 bits per heavy atom. The molecule has 1 aliphatic heterocycles. The van der Waals surface area contributed by atoms with E-state index in [1.54, 1.807) is 4.90 Å². The summed E-state index contributed by atoms with van der Waals surface area (Å²) < 4.78 is 0. The first kappa shape index (κ1) is 15.1. The molecule has 2 heterocycles. The van der Waals surface area contributed by atoms with Gasteiger partial charge in [-0.25, -0.2) is 0 Å². The van der Waals surface area contributed by atoms with Gasteiger partial charge in [0.2, 0.25) is 0 Å². The van der Waals surface area contributed by atoms with Crippen molar-refractivity contribution in [3.05, 3.63) is 16.8 Å². The topological polar surface area (TPSA) is 95.5 Å². The van der Waals surface area contributed by atoms with Crippen LogP contribution in [0.2, 0.25) is 0 Å². The molecule has 1 aromatic rings. The molecule has 0 saturated carbocycles. The predicted octanol–water partition coefficient (Wildman–Crippen LogP) is -0.223. The standard InChI is InChI=1S/C13H20N4O2S/c1-3-7-8(4-2)15-16-13(11(7)12(14)20)17-5-9(18)10(19)6-17/h9-10,18-19H,3-6H2,1-2H3,(H2,14,20). The highest BCUT2D eigenvalue weighted by atomic mass is 32.1. The number of aliphatic hydroxyl groups excluding tert-OH is 2. The van der Waals surface area contributed by atoms with Crippen LogP contribution in [0, 0.1) is 0 Å². The molecule has 0 amide bonds. The minimum Gasteiger partial charge on any atom is -0.389 e. The smallest absolute Gasteiger partial charge is 0.162 e. The molecule has 20 heavy (non-hydrogen) atoms. The van der Waals surface area contributed by atoms with E-state index in [9.17, 15) is 10.2 Å². The fourth-order valence-corrected chi connectivity index (χ4v) is 2.80. The highest BCUT2D eigenvalue weighted by Crippen LogP contribution is 2.27. The van der Waals surface area contributed by atoms with E-state index in [1.807, 2.05) is 13.8 Å². The summed E-state index contributed by atoms with van der Waals surface area (Å²) in [5, 5.41) is 27.8. The monoisotopic (exact) mass is 296 g/mol. The molecule has 110 valence electrons. The van der Waals surface area contributed by atoms with Gasteiger partial charge in [0, 0.05) is 13.1 Å². The van der Waals surface area contributed by atoms with Crippen molar-refractivity contribution in [2.45, 2.75) is 38.9 Å². The second kappa shape index (κ2) is 5.99. The average Bonchev–Trinajstić information content (AvgIpc) is 2.76. The van der Waals surface area contributed by atoms with Gasteiger partial charge in [0.05, 0.1) is 23.5 Å². The maximum atomic E-state index is 9.68. The third-order valence-corrected chi connectivity index (χ3v) is 3.84. The van der Waals surface area contributed by atoms with Crippen molar-refractivity contribution < 1.29 is 10.2 Å². The number of nitrogens with zero attached hydrogens (tertiary/aromatic N) is 3. The van der Waals surface area contributed by atoms with Crippen LogP contribution in [0.15, 0.2) is 0 Å². The Bertz CT molecular complexity index is 513. The molecule has 0 spiro atoms. The van der Waals surface area contributed by atoms with Gasteiger partial charge < -0.3 is 20.8 Å². The fraction of sp³-hybridized carbons (Fsp3) is 0.615. The maximum absolute atomic E-state index is 9.68. The molecule has 1 aliphatic rings. The third kappa shape index (κ3) is 2.61. The number of aryl methyl sites for hydroxylation is 1. The van der Waals surface area contributed by atoms with Crippen molar-refractivity contribution in [3.8, 4) is 0 Å².